The molecule has 21 heavy (non-hydrogen) atoms. The first kappa shape index (κ1) is 18.4. The first-order chi connectivity index (χ1) is 10.1. The maximum atomic E-state index is 12.2. The normalized spacial score (nSPS) is 29.8. The van der Waals surface area contributed by atoms with E-state index in [-0.39, 0.29) is 12.5 Å². The van der Waals surface area contributed by atoms with Gasteiger partial charge in [0.2, 0.25) is 5.91 Å². The van der Waals surface area contributed by atoms with Crippen molar-refractivity contribution in [2.75, 3.05) is 19.7 Å². The van der Waals surface area contributed by atoms with Crippen LogP contribution in [-0.4, -0.2) is 70.1 Å². The summed E-state index contributed by atoms with van der Waals surface area (Å²) in [5.41, 5.74) is 0. The van der Waals surface area contributed by atoms with Crippen LogP contribution in [0.25, 0.3) is 0 Å². The molecule has 4 N–H and O–H groups in total. The number of nitrogens with one attached hydrogen (secondary N) is 1. The number of nitrogens with zero attached hydrogens (tertiary/aromatic N) is 1. The quantitative estimate of drug-likeness (QED) is 0.445. The van der Waals surface area contributed by atoms with Crippen molar-refractivity contribution in [2.45, 2.75) is 70.2 Å². The van der Waals surface area contributed by atoms with Crippen molar-refractivity contribution >= 4 is 5.91 Å². The molecule has 0 aromatic carbocycles. The summed E-state index contributed by atoms with van der Waals surface area (Å²) in [6.07, 6.45) is 2.76. The third-order valence-electron chi connectivity index (χ3n) is 4.13. The molecule has 0 aromatic rings. The monoisotopic (exact) mass is 302 g/mol. The Balaban J connectivity index is 2.71. The van der Waals surface area contributed by atoms with Crippen LogP contribution in [0.15, 0.2) is 0 Å². The minimum absolute atomic E-state index is 0.260. The first-order valence-corrected chi connectivity index (χ1v) is 8.08. The van der Waals surface area contributed by atoms with Crippen molar-refractivity contribution < 1.29 is 20.1 Å². The molecule has 0 bridgehead atoms. The molecule has 1 rings (SSSR count). The van der Waals surface area contributed by atoms with Crippen molar-refractivity contribution in [3.63, 3.8) is 0 Å². The van der Waals surface area contributed by atoms with E-state index >= 15 is 0 Å². The number of hydrogen-bond donors (Lipinski definition) is 4. The van der Waals surface area contributed by atoms with Gasteiger partial charge < -0.3 is 20.6 Å². The third-order valence-corrected chi connectivity index (χ3v) is 4.13. The van der Waals surface area contributed by atoms with Crippen LogP contribution in [0.2, 0.25) is 0 Å². The van der Waals surface area contributed by atoms with Gasteiger partial charge in [-0.3, -0.25) is 9.69 Å². The minimum Gasteiger partial charge on any atom is -0.395 e. The Labute approximate surface area is 127 Å². The summed E-state index contributed by atoms with van der Waals surface area (Å²) in [6, 6.07) is -1.34. The second-order valence-electron chi connectivity index (χ2n) is 5.77. The van der Waals surface area contributed by atoms with Crippen molar-refractivity contribution in [1.82, 2.24) is 10.2 Å². The van der Waals surface area contributed by atoms with Crippen LogP contribution in [0.3, 0.4) is 0 Å². The molecule has 6 heteroatoms. The predicted molar refractivity (Wildman–Crippen MR) is 80.8 cm³/mol. The Bertz CT molecular complexity index is 314. The molecule has 0 spiro atoms. The lowest BCUT2D eigenvalue weighted by Gasteiger charge is -2.28. The molecular weight excluding hydrogens is 272 g/mol. The lowest BCUT2D eigenvalue weighted by atomic mass is 10.1. The number of hydrogen-bond acceptors (Lipinski definition) is 5. The van der Waals surface area contributed by atoms with Crippen LogP contribution < -0.4 is 5.32 Å². The molecule has 0 unspecified atom stereocenters. The molecule has 1 fully saturated rings. The second-order valence-corrected chi connectivity index (χ2v) is 5.77. The van der Waals surface area contributed by atoms with Crippen LogP contribution in [0.4, 0.5) is 0 Å². The van der Waals surface area contributed by atoms with Gasteiger partial charge in [0.25, 0.3) is 0 Å². The highest BCUT2D eigenvalue weighted by Gasteiger charge is 2.50. The molecular formula is C15H30N2O4. The average Bonchev–Trinajstić information content (AvgIpc) is 2.72. The van der Waals surface area contributed by atoms with Gasteiger partial charge >= 0.3 is 0 Å². The van der Waals surface area contributed by atoms with Crippen LogP contribution in [0.1, 0.15) is 46.0 Å². The molecule has 0 saturated carbocycles. The molecule has 124 valence electrons. The number of amides is 1. The smallest absolute Gasteiger partial charge is 0.240 e. The van der Waals surface area contributed by atoms with Gasteiger partial charge in [0, 0.05) is 6.54 Å². The Hall–Kier alpha value is -0.690. The lowest BCUT2D eigenvalue weighted by molar-refractivity contribution is -0.129. The number of likely N-dealkylation sites (tertiary alicyclic amines) is 1. The van der Waals surface area contributed by atoms with E-state index in [4.69, 9.17) is 0 Å². The van der Waals surface area contributed by atoms with E-state index in [9.17, 15) is 20.1 Å². The highest BCUT2D eigenvalue weighted by molar-refractivity contribution is 5.83. The molecule has 4 atom stereocenters. The van der Waals surface area contributed by atoms with Crippen LogP contribution >= 0.6 is 0 Å². The van der Waals surface area contributed by atoms with Gasteiger partial charge in [0.05, 0.1) is 18.8 Å². The number of carbonyl (C=O) groups is 1. The van der Waals surface area contributed by atoms with Crippen LogP contribution in [-0.2, 0) is 4.79 Å². The summed E-state index contributed by atoms with van der Waals surface area (Å²) in [7, 11) is 0. The minimum atomic E-state index is -1.15. The van der Waals surface area contributed by atoms with Crippen molar-refractivity contribution in [2.24, 2.45) is 0 Å². The van der Waals surface area contributed by atoms with Crippen molar-refractivity contribution in [3.8, 4) is 0 Å². The molecule has 6 nitrogen and oxygen atoms in total. The Morgan fingerprint density at radius 3 is 2.38 bits per heavy atom. The number of rotatable bonds is 9. The Kier molecular flexibility index (Phi) is 8.18. The fourth-order valence-corrected chi connectivity index (χ4v) is 2.91. The third kappa shape index (κ3) is 4.64. The van der Waals surface area contributed by atoms with Gasteiger partial charge in [-0.25, -0.2) is 0 Å². The zero-order valence-corrected chi connectivity index (χ0v) is 13.2. The predicted octanol–water partition coefficient (Wildman–Crippen LogP) is -0.140. The van der Waals surface area contributed by atoms with Gasteiger partial charge in [-0.05, 0) is 19.4 Å². The number of unbranched alkanes of at least 4 members (excludes halogenated alkanes) is 3. The zero-order chi connectivity index (χ0) is 15.8. The highest BCUT2D eigenvalue weighted by atomic mass is 16.3. The largest absolute Gasteiger partial charge is 0.395 e. The number of carbonyl (C=O) groups excluding carboxylic acids is 1. The Morgan fingerprint density at radius 2 is 1.81 bits per heavy atom. The van der Waals surface area contributed by atoms with Crippen molar-refractivity contribution in [1.29, 1.82) is 0 Å². The fourth-order valence-electron chi connectivity index (χ4n) is 2.91. The molecule has 1 aliphatic heterocycles. The molecule has 1 amide bonds. The van der Waals surface area contributed by atoms with E-state index in [1.807, 2.05) is 6.92 Å². The van der Waals surface area contributed by atoms with E-state index in [1.165, 1.54) is 0 Å². The van der Waals surface area contributed by atoms with Gasteiger partial charge in [0.15, 0.2) is 0 Å². The SMILES string of the molecule is CCCCCCN1[C@H](CO)[C@@H](O)[C@@H](O)[C@H]1C(=O)NCCC. The number of aliphatic hydroxyl groups excluding tert-OH is 3. The van der Waals surface area contributed by atoms with Gasteiger partial charge in [-0.2, -0.15) is 0 Å². The molecule has 0 radical (unpaired) electrons. The summed E-state index contributed by atoms with van der Waals surface area (Å²) >= 11 is 0. The fraction of sp³-hybridized carbons (Fsp3) is 0.933. The second kappa shape index (κ2) is 9.35. The maximum absolute atomic E-state index is 12.2. The molecule has 1 heterocycles. The Morgan fingerprint density at radius 1 is 1.10 bits per heavy atom. The average molecular weight is 302 g/mol. The first-order valence-electron chi connectivity index (χ1n) is 8.08. The summed E-state index contributed by atoms with van der Waals surface area (Å²) in [4.78, 5) is 14.0. The van der Waals surface area contributed by atoms with E-state index in [1.54, 1.807) is 4.90 Å². The summed E-state index contributed by atoms with van der Waals surface area (Å²) in [5.74, 6) is -0.269. The summed E-state index contributed by atoms with van der Waals surface area (Å²) in [6.45, 7) is 4.97. The van der Waals surface area contributed by atoms with E-state index < -0.39 is 24.3 Å². The van der Waals surface area contributed by atoms with Crippen molar-refractivity contribution in [3.05, 3.63) is 0 Å². The van der Waals surface area contributed by atoms with Gasteiger partial charge in [0.1, 0.15) is 12.1 Å². The molecule has 1 saturated heterocycles. The van der Waals surface area contributed by atoms with E-state index in [0.29, 0.717) is 13.1 Å². The van der Waals surface area contributed by atoms with E-state index in [0.717, 1.165) is 32.1 Å². The van der Waals surface area contributed by atoms with Crippen LogP contribution in [0.5, 0.6) is 0 Å². The topological polar surface area (TPSA) is 93.0 Å². The molecule has 0 aromatic heterocycles. The molecule has 0 aliphatic carbocycles. The van der Waals surface area contributed by atoms with Gasteiger partial charge in [-0.1, -0.05) is 33.1 Å². The number of aliphatic hydroxyl groups is 3. The lowest BCUT2D eigenvalue weighted by Crippen LogP contribution is -2.50. The standard InChI is InChI=1S/C15H30N2O4/c1-3-5-6-7-9-17-11(10-18)13(19)14(20)12(17)15(21)16-8-4-2/h11-14,18-20H,3-10H2,1-2H3,(H,16,21)/t11-,12+,13-,14+/m1/s1. The van der Waals surface area contributed by atoms with E-state index in [2.05, 4.69) is 12.2 Å². The summed E-state index contributed by atoms with van der Waals surface area (Å²) < 4.78 is 0. The summed E-state index contributed by atoms with van der Waals surface area (Å²) in [5, 5.41) is 32.4. The van der Waals surface area contributed by atoms with Crippen LogP contribution in [0, 0.1) is 0 Å². The highest BCUT2D eigenvalue weighted by Crippen LogP contribution is 2.26. The zero-order valence-electron chi connectivity index (χ0n) is 13.2. The molecule has 1 aliphatic rings. The maximum Gasteiger partial charge on any atom is 0.240 e. The van der Waals surface area contributed by atoms with Gasteiger partial charge in [-0.15, -0.1) is 0 Å².